The maximum atomic E-state index is 4.02. The molecule has 0 spiro atoms. The quantitative estimate of drug-likeness (QED) is 0.780. The van der Waals surface area contributed by atoms with Gasteiger partial charge in [0.1, 0.15) is 6.33 Å². The molecular weight excluding hydrogens is 212 g/mol. The average molecular weight is 236 g/mol. The summed E-state index contributed by atoms with van der Waals surface area (Å²) >= 11 is 0. The molecule has 1 unspecified atom stereocenters. The van der Waals surface area contributed by atoms with Crippen molar-refractivity contribution in [2.75, 3.05) is 20.6 Å². The highest BCUT2D eigenvalue weighted by molar-refractivity contribution is 5.01. The fraction of sp³-hybridized carbons (Fsp3) is 0.692. The van der Waals surface area contributed by atoms with Crippen molar-refractivity contribution in [2.24, 2.45) is 5.92 Å². The van der Waals surface area contributed by atoms with Crippen molar-refractivity contribution in [1.82, 2.24) is 20.2 Å². The highest BCUT2D eigenvalue weighted by Gasteiger charge is 2.11. The number of nitrogens with one attached hydrogen (secondary N) is 1. The zero-order chi connectivity index (χ0) is 12.7. The van der Waals surface area contributed by atoms with Crippen molar-refractivity contribution in [3.8, 4) is 0 Å². The third-order valence-corrected chi connectivity index (χ3v) is 2.55. The lowest BCUT2D eigenvalue weighted by atomic mass is 10.0. The fourth-order valence-electron chi connectivity index (χ4n) is 1.92. The third kappa shape index (κ3) is 6.34. The van der Waals surface area contributed by atoms with Crippen LogP contribution in [0.5, 0.6) is 0 Å². The number of rotatable bonds is 7. The van der Waals surface area contributed by atoms with Crippen LogP contribution in [0.25, 0.3) is 0 Å². The molecule has 1 aromatic heterocycles. The van der Waals surface area contributed by atoms with Crippen LogP contribution < -0.4 is 5.32 Å². The molecule has 0 aliphatic carbocycles. The Morgan fingerprint density at radius 1 is 1.24 bits per heavy atom. The monoisotopic (exact) mass is 236 g/mol. The van der Waals surface area contributed by atoms with Crippen LogP contribution in [0.2, 0.25) is 0 Å². The van der Waals surface area contributed by atoms with Gasteiger partial charge in [-0.25, -0.2) is 9.97 Å². The molecule has 0 saturated carbocycles. The van der Waals surface area contributed by atoms with Gasteiger partial charge < -0.3 is 10.2 Å². The Kier molecular flexibility index (Phi) is 6.08. The van der Waals surface area contributed by atoms with E-state index in [4.69, 9.17) is 0 Å². The standard InChI is InChI=1S/C13H24N4/c1-11(2)5-13(9-17(3)4)16-8-12-6-14-10-15-7-12/h6-7,10-11,13,16H,5,8-9H2,1-4H3. The first kappa shape index (κ1) is 14.1. The number of hydrogen-bond acceptors (Lipinski definition) is 4. The van der Waals surface area contributed by atoms with Crippen LogP contribution in [-0.2, 0) is 6.54 Å². The van der Waals surface area contributed by atoms with Crippen LogP contribution in [0.1, 0.15) is 25.8 Å². The van der Waals surface area contributed by atoms with Crippen molar-refractivity contribution in [2.45, 2.75) is 32.9 Å². The van der Waals surface area contributed by atoms with Gasteiger partial charge in [-0.15, -0.1) is 0 Å². The molecule has 0 saturated heterocycles. The van der Waals surface area contributed by atoms with E-state index >= 15 is 0 Å². The lowest BCUT2D eigenvalue weighted by molar-refractivity contribution is 0.305. The van der Waals surface area contributed by atoms with Crippen LogP contribution >= 0.6 is 0 Å². The first-order valence-electron chi connectivity index (χ1n) is 6.20. The smallest absolute Gasteiger partial charge is 0.115 e. The first-order valence-corrected chi connectivity index (χ1v) is 6.20. The van der Waals surface area contributed by atoms with Gasteiger partial charge in [0.25, 0.3) is 0 Å². The topological polar surface area (TPSA) is 41.0 Å². The van der Waals surface area contributed by atoms with Gasteiger partial charge in [0.15, 0.2) is 0 Å². The van der Waals surface area contributed by atoms with Gasteiger partial charge in [0, 0.05) is 37.1 Å². The molecule has 1 N–H and O–H groups in total. The molecule has 4 nitrogen and oxygen atoms in total. The first-order chi connectivity index (χ1) is 8.08. The highest BCUT2D eigenvalue weighted by atomic mass is 15.1. The Morgan fingerprint density at radius 3 is 2.41 bits per heavy atom. The zero-order valence-electron chi connectivity index (χ0n) is 11.3. The molecule has 0 fully saturated rings. The second kappa shape index (κ2) is 7.35. The van der Waals surface area contributed by atoms with Crippen LogP contribution in [0, 0.1) is 5.92 Å². The van der Waals surface area contributed by atoms with E-state index in [0.29, 0.717) is 12.0 Å². The summed E-state index contributed by atoms with van der Waals surface area (Å²) in [5.41, 5.74) is 1.14. The Labute approximate surface area is 104 Å². The molecule has 0 aliphatic heterocycles. The van der Waals surface area contributed by atoms with Gasteiger partial charge in [0.2, 0.25) is 0 Å². The maximum absolute atomic E-state index is 4.02. The summed E-state index contributed by atoms with van der Waals surface area (Å²) in [6.07, 6.45) is 6.48. The number of hydrogen-bond donors (Lipinski definition) is 1. The summed E-state index contributed by atoms with van der Waals surface area (Å²) < 4.78 is 0. The van der Waals surface area contributed by atoms with E-state index < -0.39 is 0 Å². The zero-order valence-corrected chi connectivity index (χ0v) is 11.3. The Bertz CT molecular complexity index is 288. The molecule has 0 aliphatic rings. The van der Waals surface area contributed by atoms with Gasteiger partial charge in [0.05, 0.1) is 0 Å². The second-order valence-corrected chi connectivity index (χ2v) is 5.22. The minimum atomic E-state index is 0.519. The molecule has 1 atom stereocenters. The van der Waals surface area contributed by atoms with Crippen molar-refractivity contribution in [3.63, 3.8) is 0 Å². The van der Waals surface area contributed by atoms with E-state index in [1.54, 1.807) is 6.33 Å². The van der Waals surface area contributed by atoms with Gasteiger partial charge in [-0.1, -0.05) is 13.8 Å². The van der Waals surface area contributed by atoms with Crippen LogP contribution in [0.3, 0.4) is 0 Å². The van der Waals surface area contributed by atoms with E-state index in [0.717, 1.165) is 18.7 Å². The van der Waals surface area contributed by atoms with Crippen LogP contribution in [0.15, 0.2) is 18.7 Å². The Balaban J connectivity index is 2.43. The minimum Gasteiger partial charge on any atom is -0.309 e. The summed E-state index contributed by atoms with van der Waals surface area (Å²) in [5, 5.41) is 3.58. The molecule has 4 heteroatoms. The Hall–Kier alpha value is -1.00. The van der Waals surface area contributed by atoms with Gasteiger partial charge in [-0.05, 0) is 26.4 Å². The van der Waals surface area contributed by atoms with Crippen molar-refractivity contribution >= 4 is 0 Å². The summed E-state index contributed by atoms with van der Waals surface area (Å²) in [4.78, 5) is 10.3. The van der Waals surface area contributed by atoms with E-state index in [1.807, 2.05) is 12.4 Å². The van der Waals surface area contributed by atoms with E-state index in [-0.39, 0.29) is 0 Å². The molecule has 1 heterocycles. The Morgan fingerprint density at radius 2 is 1.88 bits per heavy atom. The highest BCUT2D eigenvalue weighted by Crippen LogP contribution is 2.06. The fourth-order valence-corrected chi connectivity index (χ4v) is 1.92. The van der Waals surface area contributed by atoms with E-state index in [1.165, 1.54) is 6.42 Å². The van der Waals surface area contributed by atoms with Crippen LogP contribution in [-0.4, -0.2) is 41.5 Å². The molecule has 0 bridgehead atoms. The molecule has 0 radical (unpaired) electrons. The van der Waals surface area contributed by atoms with Crippen molar-refractivity contribution in [3.05, 3.63) is 24.3 Å². The predicted molar refractivity (Wildman–Crippen MR) is 70.7 cm³/mol. The second-order valence-electron chi connectivity index (χ2n) is 5.22. The van der Waals surface area contributed by atoms with E-state index in [9.17, 15) is 0 Å². The maximum Gasteiger partial charge on any atom is 0.115 e. The molecule has 17 heavy (non-hydrogen) atoms. The van der Waals surface area contributed by atoms with Gasteiger partial charge in [-0.2, -0.15) is 0 Å². The molecular formula is C13H24N4. The summed E-state index contributed by atoms with van der Waals surface area (Å²) in [7, 11) is 4.22. The normalized spacial score (nSPS) is 13.3. The van der Waals surface area contributed by atoms with Crippen LogP contribution in [0.4, 0.5) is 0 Å². The molecule has 1 rings (SSSR count). The SMILES string of the molecule is CC(C)CC(CN(C)C)NCc1cncnc1. The van der Waals surface area contributed by atoms with Gasteiger partial charge in [-0.3, -0.25) is 0 Å². The summed E-state index contributed by atoms with van der Waals surface area (Å²) in [6.45, 7) is 6.42. The lowest BCUT2D eigenvalue weighted by Gasteiger charge is -2.24. The largest absolute Gasteiger partial charge is 0.309 e. The third-order valence-electron chi connectivity index (χ3n) is 2.55. The predicted octanol–water partition coefficient (Wildman–Crippen LogP) is 1.54. The summed E-state index contributed by atoms with van der Waals surface area (Å²) in [6, 6.07) is 0.519. The summed E-state index contributed by atoms with van der Waals surface area (Å²) in [5.74, 6) is 0.708. The lowest BCUT2D eigenvalue weighted by Crippen LogP contribution is -2.38. The number of nitrogens with zero attached hydrogens (tertiary/aromatic N) is 3. The number of likely N-dealkylation sites (N-methyl/N-ethyl adjacent to an activating group) is 1. The van der Waals surface area contributed by atoms with E-state index in [2.05, 4.69) is 48.1 Å². The molecule has 0 amide bonds. The van der Waals surface area contributed by atoms with Crippen molar-refractivity contribution in [1.29, 1.82) is 0 Å². The number of aromatic nitrogens is 2. The van der Waals surface area contributed by atoms with Gasteiger partial charge >= 0.3 is 0 Å². The van der Waals surface area contributed by atoms with Crippen molar-refractivity contribution < 1.29 is 0 Å². The minimum absolute atomic E-state index is 0.519. The molecule has 96 valence electrons. The molecule has 1 aromatic rings. The molecule has 0 aromatic carbocycles. The average Bonchev–Trinajstić information content (AvgIpc) is 2.26.